The van der Waals surface area contributed by atoms with Gasteiger partial charge >= 0.3 is 0 Å². The largest absolute Gasteiger partial charge is 0.340 e. The first kappa shape index (κ1) is 18.1. The third-order valence-electron chi connectivity index (χ3n) is 6.17. The minimum Gasteiger partial charge on any atom is -0.340 e. The molecule has 1 aliphatic carbocycles. The van der Waals surface area contributed by atoms with Crippen molar-refractivity contribution >= 4 is 5.91 Å². The number of amides is 1. The molecule has 150 valence electrons. The fourth-order valence-corrected chi connectivity index (χ4v) is 4.58. The Hall–Kier alpha value is -2.96. The summed E-state index contributed by atoms with van der Waals surface area (Å²) in [5.41, 5.74) is 2.12. The number of hydrogen-bond acceptors (Lipinski definition) is 5. The normalized spacial score (nSPS) is 22.0. The third kappa shape index (κ3) is 3.45. The van der Waals surface area contributed by atoms with Crippen molar-refractivity contribution in [3.05, 3.63) is 53.8 Å². The maximum absolute atomic E-state index is 13.5. The zero-order valence-corrected chi connectivity index (χ0v) is 16.6. The molecule has 1 atom stereocenters. The summed E-state index contributed by atoms with van der Waals surface area (Å²) in [6, 6.07) is 9.86. The predicted molar refractivity (Wildman–Crippen MR) is 107 cm³/mol. The number of carbonyl (C=O) groups is 1. The molecule has 3 heterocycles. The van der Waals surface area contributed by atoms with Crippen molar-refractivity contribution in [2.45, 2.75) is 44.4 Å². The van der Waals surface area contributed by atoms with Crippen LogP contribution in [0.2, 0.25) is 0 Å². The van der Waals surface area contributed by atoms with Crippen molar-refractivity contribution in [2.75, 3.05) is 13.1 Å². The topological polar surface area (TPSA) is 87.9 Å². The van der Waals surface area contributed by atoms with Gasteiger partial charge in [-0.1, -0.05) is 48.3 Å². The molecule has 1 N–H and O–H groups in total. The molecule has 1 saturated carbocycles. The molecule has 1 aromatic carbocycles. The molecule has 7 nitrogen and oxygen atoms in total. The highest BCUT2D eigenvalue weighted by molar-refractivity contribution is 5.99. The quantitative estimate of drug-likeness (QED) is 0.716. The molecule has 0 spiro atoms. The number of aryl methyl sites for hydroxylation is 1. The lowest BCUT2D eigenvalue weighted by molar-refractivity contribution is 0.0608. The molecule has 3 aromatic rings. The van der Waals surface area contributed by atoms with Gasteiger partial charge in [0.1, 0.15) is 0 Å². The van der Waals surface area contributed by atoms with E-state index in [-0.39, 0.29) is 11.3 Å². The van der Waals surface area contributed by atoms with Crippen LogP contribution >= 0.6 is 0 Å². The Bertz CT molecular complexity index is 1010. The van der Waals surface area contributed by atoms with Gasteiger partial charge in [0, 0.05) is 25.6 Å². The number of benzene rings is 1. The number of aromatic amines is 1. The monoisotopic (exact) mass is 391 g/mol. The number of nitrogens with zero attached hydrogens (tertiary/aromatic N) is 4. The van der Waals surface area contributed by atoms with Gasteiger partial charge in [-0.15, -0.1) is 0 Å². The summed E-state index contributed by atoms with van der Waals surface area (Å²) >= 11 is 0. The van der Waals surface area contributed by atoms with Crippen LogP contribution in [0.4, 0.5) is 0 Å². The maximum atomic E-state index is 13.5. The second-order valence-electron chi connectivity index (χ2n) is 8.42. The minimum absolute atomic E-state index is 0.0118. The number of likely N-dealkylation sites (tertiary alicyclic amines) is 1. The number of aromatic nitrogens is 4. The lowest BCUT2D eigenvalue weighted by atomic mass is 9.74. The van der Waals surface area contributed by atoms with Crippen LogP contribution < -0.4 is 0 Å². The predicted octanol–water partition coefficient (Wildman–Crippen LogP) is 3.74. The molecule has 1 amide bonds. The third-order valence-corrected chi connectivity index (χ3v) is 6.17. The highest BCUT2D eigenvalue weighted by Crippen LogP contribution is 2.45. The molecule has 0 radical (unpaired) electrons. The van der Waals surface area contributed by atoms with Crippen molar-refractivity contribution < 1.29 is 9.32 Å². The number of hydrogen-bond donors (Lipinski definition) is 1. The second-order valence-corrected chi connectivity index (χ2v) is 8.42. The number of nitrogens with one attached hydrogen (secondary N) is 1. The van der Waals surface area contributed by atoms with E-state index < -0.39 is 0 Å². The smallest absolute Gasteiger partial charge is 0.257 e. The number of piperidine rings is 1. The van der Waals surface area contributed by atoms with Crippen LogP contribution in [-0.2, 0) is 5.41 Å². The molecule has 1 aliphatic heterocycles. The molecule has 2 aliphatic rings. The van der Waals surface area contributed by atoms with Crippen LogP contribution in [0.5, 0.6) is 0 Å². The SMILES string of the molecule is Cc1nc(C2(CC3CC3)CCCN(C(=O)c3cn[nH]c3-c3ccccc3)C2)no1. The molecule has 0 bridgehead atoms. The molecule has 2 aromatic heterocycles. The first-order valence-corrected chi connectivity index (χ1v) is 10.3. The van der Waals surface area contributed by atoms with Gasteiger partial charge in [-0.25, -0.2) is 0 Å². The van der Waals surface area contributed by atoms with Gasteiger partial charge in [-0.2, -0.15) is 10.1 Å². The van der Waals surface area contributed by atoms with Crippen LogP contribution in [0.3, 0.4) is 0 Å². The average molecular weight is 391 g/mol. The minimum atomic E-state index is -0.219. The Morgan fingerprint density at radius 3 is 2.86 bits per heavy atom. The molecular formula is C22H25N5O2. The van der Waals surface area contributed by atoms with Crippen LogP contribution in [0.1, 0.15) is 54.2 Å². The summed E-state index contributed by atoms with van der Waals surface area (Å²) in [5, 5.41) is 11.4. The first-order chi connectivity index (χ1) is 14.1. The van der Waals surface area contributed by atoms with E-state index in [1.165, 1.54) is 12.8 Å². The Morgan fingerprint density at radius 2 is 2.14 bits per heavy atom. The van der Waals surface area contributed by atoms with Gasteiger partial charge in [0.05, 0.1) is 22.9 Å². The average Bonchev–Trinajstić information content (AvgIpc) is 3.23. The van der Waals surface area contributed by atoms with Crippen molar-refractivity contribution in [1.29, 1.82) is 0 Å². The number of H-pyrrole nitrogens is 1. The summed E-state index contributed by atoms with van der Waals surface area (Å²) in [6.07, 6.45) is 7.10. The van der Waals surface area contributed by atoms with E-state index in [9.17, 15) is 4.79 Å². The molecule has 1 saturated heterocycles. The molecular weight excluding hydrogens is 366 g/mol. The summed E-state index contributed by atoms with van der Waals surface area (Å²) < 4.78 is 5.31. The highest BCUT2D eigenvalue weighted by atomic mass is 16.5. The lowest BCUT2D eigenvalue weighted by Gasteiger charge is -2.41. The summed E-state index contributed by atoms with van der Waals surface area (Å²) in [6.45, 7) is 3.19. The molecule has 5 rings (SSSR count). The van der Waals surface area contributed by atoms with Gasteiger partial charge in [-0.3, -0.25) is 9.89 Å². The fraction of sp³-hybridized carbons (Fsp3) is 0.455. The van der Waals surface area contributed by atoms with E-state index >= 15 is 0 Å². The maximum Gasteiger partial charge on any atom is 0.257 e. The zero-order chi connectivity index (χ0) is 19.8. The van der Waals surface area contributed by atoms with Gasteiger partial charge < -0.3 is 9.42 Å². The zero-order valence-electron chi connectivity index (χ0n) is 16.6. The highest BCUT2D eigenvalue weighted by Gasteiger charge is 2.46. The van der Waals surface area contributed by atoms with Crippen LogP contribution in [0, 0.1) is 12.8 Å². The number of rotatable bonds is 5. The number of carbonyl (C=O) groups excluding carboxylic acids is 1. The Kier molecular flexibility index (Phi) is 4.45. The van der Waals surface area contributed by atoms with E-state index in [0.29, 0.717) is 23.9 Å². The summed E-state index contributed by atoms with van der Waals surface area (Å²) in [5.74, 6) is 2.06. The summed E-state index contributed by atoms with van der Waals surface area (Å²) in [7, 11) is 0. The van der Waals surface area contributed by atoms with Crippen molar-refractivity contribution in [3.63, 3.8) is 0 Å². The van der Waals surface area contributed by atoms with E-state index in [0.717, 1.165) is 42.9 Å². The Labute approximate surface area is 169 Å². The second kappa shape index (κ2) is 7.13. The first-order valence-electron chi connectivity index (χ1n) is 10.3. The van der Waals surface area contributed by atoms with Gasteiger partial charge in [0.25, 0.3) is 5.91 Å². The summed E-state index contributed by atoms with van der Waals surface area (Å²) in [4.78, 5) is 20.0. The van der Waals surface area contributed by atoms with Crippen molar-refractivity contribution in [2.24, 2.45) is 5.92 Å². The van der Waals surface area contributed by atoms with Crippen LogP contribution in [-0.4, -0.2) is 44.2 Å². The van der Waals surface area contributed by atoms with E-state index in [1.807, 2.05) is 42.2 Å². The van der Waals surface area contributed by atoms with Crippen LogP contribution in [0.15, 0.2) is 41.1 Å². The van der Waals surface area contributed by atoms with Crippen molar-refractivity contribution in [3.8, 4) is 11.3 Å². The standard InChI is InChI=1S/C22H25N5O2/c1-15-24-21(26-29-15)22(12-16-8-9-16)10-5-11-27(14-22)20(28)18-13-23-25-19(18)17-6-3-2-4-7-17/h2-4,6-7,13,16H,5,8-12,14H2,1H3,(H,23,25). The van der Waals surface area contributed by atoms with E-state index in [2.05, 4.69) is 20.3 Å². The molecule has 2 fully saturated rings. The Balaban J connectivity index is 1.44. The molecule has 1 unspecified atom stereocenters. The van der Waals surface area contributed by atoms with Gasteiger partial charge in [0.2, 0.25) is 5.89 Å². The van der Waals surface area contributed by atoms with Crippen LogP contribution in [0.25, 0.3) is 11.3 Å². The van der Waals surface area contributed by atoms with Gasteiger partial charge in [0.15, 0.2) is 5.82 Å². The van der Waals surface area contributed by atoms with E-state index in [4.69, 9.17) is 4.52 Å². The van der Waals surface area contributed by atoms with Crippen molar-refractivity contribution in [1.82, 2.24) is 25.2 Å². The Morgan fingerprint density at radius 1 is 1.31 bits per heavy atom. The van der Waals surface area contributed by atoms with Gasteiger partial charge in [-0.05, 0) is 25.2 Å². The molecule has 29 heavy (non-hydrogen) atoms. The molecule has 7 heteroatoms. The van der Waals surface area contributed by atoms with E-state index in [1.54, 1.807) is 6.20 Å². The lowest BCUT2D eigenvalue weighted by Crippen LogP contribution is -2.49. The fourth-order valence-electron chi connectivity index (χ4n) is 4.58.